The maximum absolute atomic E-state index is 12.7. The molecule has 1 aromatic carbocycles. The van der Waals surface area contributed by atoms with Crippen LogP contribution in [0.15, 0.2) is 24.3 Å². The predicted octanol–water partition coefficient (Wildman–Crippen LogP) is 1.41. The molecular weight excluding hydrogens is 342 g/mol. The van der Waals surface area contributed by atoms with E-state index in [4.69, 9.17) is 17.3 Å². The van der Waals surface area contributed by atoms with Crippen LogP contribution >= 0.6 is 11.6 Å². The van der Waals surface area contributed by atoms with E-state index in [1.165, 1.54) is 0 Å². The first-order valence-corrected chi connectivity index (χ1v) is 8.92. The van der Waals surface area contributed by atoms with Gasteiger partial charge < -0.3 is 15.5 Å². The van der Waals surface area contributed by atoms with Gasteiger partial charge in [0.15, 0.2) is 0 Å². The second-order valence-electron chi connectivity index (χ2n) is 6.80. The van der Waals surface area contributed by atoms with Crippen molar-refractivity contribution >= 4 is 29.3 Å². The van der Waals surface area contributed by atoms with E-state index in [9.17, 15) is 14.4 Å². The smallest absolute Gasteiger partial charge is 0.227 e. The van der Waals surface area contributed by atoms with Crippen molar-refractivity contribution in [1.82, 2.24) is 9.80 Å². The van der Waals surface area contributed by atoms with Crippen molar-refractivity contribution in [3.05, 3.63) is 34.9 Å². The van der Waals surface area contributed by atoms with Crippen LogP contribution in [0.4, 0.5) is 0 Å². The molecule has 2 fully saturated rings. The third kappa shape index (κ3) is 4.12. The van der Waals surface area contributed by atoms with Crippen molar-refractivity contribution in [3.63, 3.8) is 0 Å². The average Bonchev–Trinajstić information content (AvgIpc) is 2.97. The van der Waals surface area contributed by atoms with Gasteiger partial charge in [0.1, 0.15) is 0 Å². The summed E-state index contributed by atoms with van der Waals surface area (Å²) < 4.78 is 0. The van der Waals surface area contributed by atoms with Gasteiger partial charge >= 0.3 is 0 Å². The van der Waals surface area contributed by atoms with Crippen molar-refractivity contribution in [2.75, 3.05) is 19.6 Å². The number of likely N-dealkylation sites (tertiary alicyclic amines) is 2. The number of nitrogens with zero attached hydrogens (tertiary/aromatic N) is 2. The van der Waals surface area contributed by atoms with E-state index in [0.29, 0.717) is 44.0 Å². The van der Waals surface area contributed by atoms with Gasteiger partial charge in [0.05, 0.1) is 5.92 Å². The summed E-state index contributed by atoms with van der Waals surface area (Å²) in [5.74, 6) is -0.729. The normalized spacial score (nSPS) is 21.6. The summed E-state index contributed by atoms with van der Waals surface area (Å²) in [4.78, 5) is 39.6. The minimum Gasteiger partial charge on any atom is -0.369 e. The molecule has 0 unspecified atom stereocenters. The molecule has 2 aliphatic rings. The Morgan fingerprint density at radius 2 is 1.76 bits per heavy atom. The van der Waals surface area contributed by atoms with E-state index >= 15 is 0 Å². The fourth-order valence-corrected chi connectivity index (χ4v) is 3.67. The zero-order chi connectivity index (χ0) is 18.0. The minimum atomic E-state index is -0.301. The minimum absolute atomic E-state index is 0.000298. The molecule has 3 rings (SSSR count). The number of halogens is 1. The number of piperidine rings is 1. The third-order valence-electron chi connectivity index (χ3n) is 5.06. The highest BCUT2D eigenvalue weighted by Gasteiger charge is 2.37. The van der Waals surface area contributed by atoms with Crippen LogP contribution in [0.2, 0.25) is 5.02 Å². The van der Waals surface area contributed by atoms with Crippen LogP contribution in [-0.2, 0) is 20.9 Å². The highest BCUT2D eigenvalue weighted by molar-refractivity contribution is 6.30. The summed E-state index contributed by atoms with van der Waals surface area (Å²) in [6, 6.07) is 7.37. The number of carbonyl (C=O) groups is 3. The van der Waals surface area contributed by atoms with E-state index < -0.39 is 0 Å². The number of hydrogen-bond acceptors (Lipinski definition) is 3. The Bertz CT molecular complexity index is 669. The van der Waals surface area contributed by atoms with Gasteiger partial charge in [-0.2, -0.15) is 0 Å². The summed E-state index contributed by atoms with van der Waals surface area (Å²) >= 11 is 5.88. The molecular formula is C18H22ClN3O3. The van der Waals surface area contributed by atoms with Gasteiger partial charge in [-0.1, -0.05) is 23.7 Å². The Hall–Kier alpha value is -2.08. The molecule has 25 heavy (non-hydrogen) atoms. The van der Waals surface area contributed by atoms with E-state index in [1.807, 2.05) is 12.1 Å². The number of hydrogen-bond donors (Lipinski definition) is 1. The molecule has 0 aliphatic carbocycles. The zero-order valence-corrected chi connectivity index (χ0v) is 14.7. The highest BCUT2D eigenvalue weighted by atomic mass is 35.5. The van der Waals surface area contributed by atoms with Crippen LogP contribution in [0.3, 0.4) is 0 Å². The van der Waals surface area contributed by atoms with Gasteiger partial charge in [0, 0.05) is 43.5 Å². The van der Waals surface area contributed by atoms with Gasteiger partial charge in [-0.25, -0.2) is 0 Å². The van der Waals surface area contributed by atoms with Gasteiger partial charge in [-0.3, -0.25) is 14.4 Å². The number of amides is 3. The van der Waals surface area contributed by atoms with Gasteiger partial charge in [-0.15, -0.1) is 0 Å². The van der Waals surface area contributed by atoms with Crippen molar-refractivity contribution in [2.45, 2.75) is 25.8 Å². The van der Waals surface area contributed by atoms with Gasteiger partial charge in [0.2, 0.25) is 17.7 Å². The predicted molar refractivity (Wildman–Crippen MR) is 93.5 cm³/mol. The number of carbonyl (C=O) groups excluding carboxylic acids is 3. The lowest BCUT2D eigenvalue weighted by Crippen LogP contribution is -2.44. The van der Waals surface area contributed by atoms with Crippen LogP contribution < -0.4 is 5.73 Å². The molecule has 2 saturated heterocycles. The third-order valence-corrected chi connectivity index (χ3v) is 5.31. The topological polar surface area (TPSA) is 83.7 Å². The molecule has 2 aliphatic heterocycles. The molecule has 1 atom stereocenters. The molecule has 2 heterocycles. The fourth-order valence-electron chi connectivity index (χ4n) is 3.54. The molecule has 0 radical (unpaired) electrons. The van der Waals surface area contributed by atoms with Crippen LogP contribution in [0.25, 0.3) is 0 Å². The second kappa shape index (κ2) is 7.44. The number of benzene rings is 1. The van der Waals surface area contributed by atoms with Crippen LogP contribution in [0.5, 0.6) is 0 Å². The molecule has 6 nitrogen and oxygen atoms in total. The maximum atomic E-state index is 12.7. The molecule has 7 heteroatoms. The first-order valence-electron chi connectivity index (χ1n) is 8.54. The number of primary amides is 1. The number of rotatable bonds is 4. The molecule has 0 saturated carbocycles. The number of nitrogens with two attached hydrogens (primary N) is 1. The Kier molecular flexibility index (Phi) is 5.27. The monoisotopic (exact) mass is 363 g/mol. The largest absolute Gasteiger partial charge is 0.369 e. The van der Waals surface area contributed by atoms with E-state index in [1.54, 1.807) is 21.9 Å². The highest BCUT2D eigenvalue weighted by Crippen LogP contribution is 2.25. The second-order valence-corrected chi connectivity index (χ2v) is 7.24. The average molecular weight is 364 g/mol. The Balaban J connectivity index is 1.56. The quantitative estimate of drug-likeness (QED) is 0.877. The fraction of sp³-hybridized carbons (Fsp3) is 0.500. The molecule has 0 spiro atoms. The zero-order valence-electron chi connectivity index (χ0n) is 14.0. The Morgan fingerprint density at radius 1 is 1.12 bits per heavy atom. The lowest BCUT2D eigenvalue weighted by Gasteiger charge is -2.32. The first-order chi connectivity index (χ1) is 11.9. The maximum Gasteiger partial charge on any atom is 0.227 e. The Labute approximate surface area is 151 Å². The lowest BCUT2D eigenvalue weighted by atomic mass is 9.95. The van der Waals surface area contributed by atoms with Gasteiger partial charge in [-0.05, 0) is 30.5 Å². The SMILES string of the molecule is NC(=O)C1CCN(C(=O)[C@@H]2CC(=O)N(Cc3ccc(Cl)cc3)C2)CC1. The summed E-state index contributed by atoms with van der Waals surface area (Å²) in [5, 5.41) is 0.656. The summed E-state index contributed by atoms with van der Waals surface area (Å²) in [6.07, 6.45) is 1.47. The molecule has 0 aromatic heterocycles. The van der Waals surface area contributed by atoms with Crippen LogP contribution in [0.1, 0.15) is 24.8 Å². The molecule has 2 N–H and O–H groups in total. The van der Waals surface area contributed by atoms with Crippen molar-refractivity contribution in [2.24, 2.45) is 17.6 Å². The van der Waals surface area contributed by atoms with Crippen molar-refractivity contribution < 1.29 is 14.4 Å². The lowest BCUT2D eigenvalue weighted by molar-refractivity contribution is -0.138. The summed E-state index contributed by atoms with van der Waals surface area (Å²) in [7, 11) is 0. The van der Waals surface area contributed by atoms with E-state index in [0.717, 1.165) is 5.56 Å². The van der Waals surface area contributed by atoms with E-state index in [-0.39, 0.29) is 36.0 Å². The first kappa shape index (κ1) is 17.7. The Morgan fingerprint density at radius 3 is 2.36 bits per heavy atom. The van der Waals surface area contributed by atoms with Crippen LogP contribution in [-0.4, -0.2) is 47.2 Å². The van der Waals surface area contributed by atoms with Gasteiger partial charge in [0.25, 0.3) is 0 Å². The molecule has 3 amide bonds. The molecule has 1 aromatic rings. The van der Waals surface area contributed by atoms with Crippen molar-refractivity contribution in [1.29, 1.82) is 0 Å². The van der Waals surface area contributed by atoms with E-state index in [2.05, 4.69) is 0 Å². The molecule has 134 valence electrons. The van der Waals surface area contributed by atoms with Crippen LogP contribution in [0, 0.1) is 11.8 Å². The summed E-state index contributed by atoms with van der Waals surface area (Å²) in [6.45, 7) is 2.00. The van der Waals surface area contributed by atoms with Crippen molar-refractivity contribution in [3.8, 4) is 0 Å². The molecule has 0 bridgehead atoms. The standard InChI is InChI=1S/C18H22ClN3O3/c19-15-3-1-12(2-4-15)10-22-11-14(9-16(22)23)18(25)21-7-5-13(6-8-21)17(20)24/h1-4,13-14H,5-11H2,(H2,20,24)/t14-/m1/s1. The summed E-state index contributed by atoms with van der Waals surface area (Å²) in [5.41, 5.74) is 6.32.